The van der Waals surface area contributed by atoms with Gasteiger partial charge in [0.2, 0.25) is 0 Å². The zero-order chi connectivity index (χ0) is 23.4. The van der Waals surface area contributed by atoms with E-state index in [1.54, 1.807) is 6.07 Å². The molecular weight excluding hydrogens is 426 g/mol. The fraction of sp³-hybridized carbons (Fsp3) is 0.0690. The molecule has 4 aromatic carbocycles. The van der Waals surface area contributed by atoms with Crippen LogP contribution in [0.15, 0.2) is 78.9 Å². The molecule has 5 heteroatoms. The Balaban J connectivity index is 1.75. The van der Waals surface area contributed by atoms with Crippen molar-refractivity contribution in [2.24, 2.45) is 0 Å². The summed E-state index contributed by atoms with van der Waals surface area (Å²) in [6.45, 7) is 1.35. The van der Waals surface area contributed by atoms with E-state index in [-0.39, 0.29) is 5.78 Å². The number of pyridine rings is 1. The molecule has 34 heavy (non-hydrogen) atoms. The Labute approximate surface area is 195 Å². The van der Waals surface area contributed by atoms with Crippen molar-refractivity contribution in [3.05, 3.63) is 90.0 Å². The number of ketones is 1. The van der Waals surface area contributed by atoms with Crippen molar-refractivity contribution < 1.29 is 19.1 Å². The summed E-state index contributed by atoms with van der Waals surface area (Å²) in [7, 11) is 1.53. The van der Waals surface area contributed by atoms with Gasteiger partial charge in [-0.15, -0.1) is 0 Å². The van der Waals surface area contributed by atoms with E-state index >= 15 is 0 Å². The van der Waals surface area contributed by atoms with Crippen molar-refractivity contribution in [1.29, 1.82) is 0 Å². The highest BCUT2D eigenvalue weighted by Gasteiger charge is 2.33. The van der Waals surface area contributed by atoms with Gasteiger partial charge in [-0.2, -0.15) is 0 Å². The molecule has 1 aromatic heterocycles. The topological polar surface area (TPSA) is 65.5 Å². The molecule has 0 radical (unpaired) electrons. The second-order valence-electron chi connectivity index (χ2n) is 8.23. The first kappa shape index (κ1) is 20.1. The van der Waals surface area contributed by atoms with Crippen LogP contribution in [0, 0.1) is 0 Å². The molecule has 0 N–H and O–H groups in total. The Hall–Kier alpha value is -4.51. The number of rotatable bonds is 3. The van der Waals surface area contributed by atoms with E-state index in [0.29, 0.717) is 28.3 Å². The second-order valence-corrected chi connectivity index (χ2v) is 8.23. The number of methoxy groups -OCH3 is 1. The van der Waals surface area contributed by atoms with Crippen LogP contribution in [0.2, 0.25) is 0 Å². The van der Waals surface area contributed by atoms with Crippen molar-refractivity contribution in [1.82, 2.24) is 4.98 Å². The van der Waals surface area contributed by atoms with E-state index in [2.05, 4.69) is 0 Å². The molecule has 0 saturated heterocycles. The van der Waals surface area contributed by atoms with Crippen LogP contribution in [-0.4, -0.2) is 23.8 Å². The van der Waals surface area contributed by atoms with E-state index in [1.165, 1.54) is 14.0 Å². The largest absolute Gasteiger partial charge is 0.493 e. The number of hydrogen-bond acceptors (Lipinski definition) is 5. The quantitative estimate of drug-likeness (QED) is 0.184. The van der Waals surface area contributed by atoms with Crippen molar-refractivity contribution in [3.63, 3.8) is 0 Å². The predicted octanol–water partition coefficient (Wildman–Crippen LogP) is 6.20. The third-order valence-corrected chi connectivity index (χ3v) is 6.24. The molecule has 1 aliphatic carbocycles. The van der Waals surface area contributed by atoms with Crippen LogP contribution in [0.3, 0.4) is 0 Å². The van der Waals surface area contributed by atoms with E-state index in [1.807, 2.05) is 72.8 Å². The van der Waals surface area contributed by atoms with Crippen molar-refractivity contribution >= 4 is 33.4 Å². The first-order valence-corrected chi connectivity index (χ1v) is 10.9. The summed E-state index contributed by atoms with van der Waals surface area (Å²) >= 11 is 0. The fourth-order valence-corrected chi connectivity index (χ4v) is 4.82. The molecule has 0 spiro atoms. The Kier molecular flexibility index (Phi) is 4.45. The van der Waals surface area contributed by atoms with Crippen LogP contribution < -0.4 is 9.47 Å². The van der Waals surface area contributed by atoms with Gasteiger partial charge in [0.05, 0.1) is 23.9 Å². The van der Waals surface area contributed by atoms with Crippen LogP contribution in [0.5, 0.6) is 11.5 Å². The minimum atomic E-state index is -0.432. The minimum Gasteiger partial charge on any atom is -0.493 e. The Morgan fingerprint density at radius 1 is 0.824 bits per heavy atom. The summed E-state index contributed by atoms with van der Waals surface area (Å²) < 4.78 is 10.8. The second kappa shape index (κ2) is 7.52. The SMILES string of the molecule is COc1cc(-c2c3c(nc4ccc5ccccc5c24)-c2ccccc2C3=O)ccc1OC(C)=O. The smallest absolute Gasteiger partial charge is 0.308 e. The number of nitrogens with zero attached hydrogens (tertiary/aromatic N) is 1. The maximum atomic E-state index is 13.7. The molecule has 0 unspecified atom stereocenters. The van der Waals surface area contributed by atoms with E-state index < -0.39 is 5.97 Å². The minimum absolute atomic E-state index is 0.0500. The lowest BCUT2D eigenvalue weighted by molar-refractivity contribution is -0.132. The lowest BCUT2D eigenvalue weighted by Gasteiger charge is -2.16. The average Bonchev–Trinajstić information content (AvgIpc) is 3.14. The zero-order valence-corrected chi connectivity index (χ0v) is 18.6. The molecule has 1 heterocycles. The summed E-state index contributed by atoms with van der Waals surface area (Å²) in [4.78, 5) is 30.2. The Morgan fingerprint density at radius 3 is 2.38 bits per heavy atom. The van der Waals surface area contributed by atoms with Crippen LogP contribution >= 0.6 is 0 Å². The third-order valence-electron chi connectivity index (χ3n) is 6.24. The van der Waals surface area contributed by atoms with E-state index in [0.717, 1.165) is 38.4 Å². The first-order chi connectivity index (χ1) is 16.6. The maximum Gasteiger partial charge on any atom is 0.308 e. The summed E-state index contributed by atoms with van der Waals surface area (Å²) in [5.74, 6) is 0.256. The van der Waals surface area contributed by atoms with Gasteiger partial charge in [0.15, 0.2) is 17.3 Å². The summed E-state index contributed by atoms with van der Waals surface area (Å²) in [5, 5.41) is 2.97. The molecule has 0 fully saturated rings. The van der Waals surface area contributed by atoms with Gasteiger partial charge in [0.25, 0.3) is 0 Å². The zero-order valence-electron chi connectivity index (χ0n) is 18.6. The lowest BCUT2D eigenvalue weighted by atomic mass is 9.90. The van der Waals surface area contributed by atoms with E-state index in [4.69, 9.17) is 14.5 Å². The third kappa shape index (κ3) is 2.90. The Morgan fingerprint density at radius 2 is 1.59 bits per heavy atom. The number of esters is 1. The number of ether oxygens (including phenoxy) is 2. The first-order valence-electron chi connectivity index (χ1n) is 10.9. The molecule has 0 atom stereocenters. The van der Waals surface area contributed by atoms with Crippen LogP contribution in [-0.2, 0) is 4.79 Å². The number of fused-ring (bicyclic) bond motifs is 6. The molecule has 0 aliphatic heterocycles. The molecule has 6 rings (SSSR count). The monoisotopic (exact) mass is 445 g/mol. The van der Waals surface area contributed by atoms with Crippen molar-refractivity contribution in [2.45, 2.75) is 6.92 Å². The summed E-state index contributed by atoms with van der Waals surface area (Å²) in [6.07, 6.45) is 0. The highest BCUT2D eigenvalue weighted by atomic mass is 16.6. The van der Waals surface area contributed by atoms with Crippen molar-refractivity contribution in [3.8, 4) is 33.9 Å². The molecule has 1 aliphatic rings. The van der Waals surface area contributed by atoms with Gasteiger partial charge < -0.3 is 9.47 Å². The van der Waals surface area contributed by atoms with Gasteiger partial charge in [-0.3, -0.25) is 9.59 Å². The number of benzene rings is 4. The fourth-order valence-electron chi connectivity index (χ4n) is 4.82. The van der Waals surface area contributed by atoms with Gasteiger partial charge >= 0.3 is 5.97 Å². The van der Waals surface area contributed by atoms with E-state index in [9.17, 15) is 9.59 Å². The number of hydrogen-bond donors (Lipinski definition) is 0. The standard InChI is InChI=1S/C29H19NO4/c1-16(31)34-23-14-12-18(15-24(23)33-2)25-26-19-8-4-3-7-17(19)11-13-22(26)30-28-20-9-5-6-10-21(20)29(32)27(25)28/h3-15H,1-2H3. The number of carbonyl (C=O) groups excluding carboxylic acids is 2. The summed E-state index contributed by atoms with van der Waals surface area (Å²) in [5.41, 5.74) is 5.13. The van der Waals surface area contributed by atoms with Gasteiger partial charge in [-0.25, -0.2) is 4.98 Å². The molecule has 0 bridgehead atoms. The Bertz CT molecular complexity index is 1670. The highest BCUT2D eigenvalue weighted by molar-refractivity contribution is 6.29. The van der Waals surface area contributed by atoms with Crippen LogP contribution in [0.4, 0.5) is 0 Å². The van der Waals surface area contributed by atoms with Crippen LogP contribution in [0.1, 0.15) is 22.8 Å². The molecule has 5 aromatic rings. The van der Waals surface area contributed by atoms with Gasteiger partial charge in [-0.05, 0) is 34.5 Å². The van der Waals surface area contributed by atoms with Crippen LogP contribution in [0.25, 0.3) is 44.1 Å². The average molecular weight is 445 g/mol. The molecule has 0 amide bonds. The summed E-state index contributed by atoms with van der Waals surface area (Å²) in [6, 6.07) is 25.1. The molecule has 0 saturated carbocycles. The molecule has 5 nitrogen and oxygen atoms in total. The normalized spacial score (nSPS) is 12.0. The highest BCUT2D eigenvalue weighted by Crippen LogP contribution is 2.46. The number of carbonyl (C=O) groups is 2. The predicted molar refractivity (Wildman–Crippen MR) is 131 cm³/mol. The lowest BCUT2D eigenvalue weighted by Crippen LogP contribution is -2.04. The number of aromatic nitrogens is 1. The molecule has 164 valence electrons. The van der Waals surface area contributed by atoms with Gasteiger partial charge in [0, 0.05) is 29.0 Å². The molecular formula is C29H19NO4. The van der Waals surface area contributed by atoms with Gasteiger partial charge in [0.1, 0.15) is 0 Å². The van der Waals surface area contributed by atoms with Crippen molar-refractivity contribution in [2.75, 3.05) is 7.11 Å². The maximum absolute atomic E-state index is 13.7. The van der Waals surface area contributed by atoms with Gasteiger partial charge in [-0.1, -0.05) is 60.7 Å².